The van der Waals surface area contributed by atoms with Crippen molar-refractivity contribution in [3.63, 3.8) is 0 Å². The number of halogens is 2. The zero-order valence-electron chi connectivity index (χ0n) is 12.4. The summed E-state index contributed by atoms with van der Waals surface area (Å²) in [6.07, 6.45) is 0. The number of nitrogens with one attached hydrogen (secondary N) is 1. The van der Waals surface area contributed by atoms with E-state index in [4.69, 9.17) is 4.74 Å². The van der Waals surface area contributed by atoms with E-state index in [9.17, 15) is 0 Å². The molecule has 0 heterocycles. The van der Waals surface area contributed by atoms with Crippen LogP contribution in [0.3, 0.4) is 0 Å². The lowest BCUT2D eigenvalue weighted by molar-refractivity contribution is 0.423. The topological polar surface area (TPSA) is 21.3 Å². The van der Waals surface area contributed by atoms with E-state index in [0.29, 0.717) is 0 Å². The van der Waals surface area contributed by atoms with Gasteiger partial charge in [0.2, 0.25) is 0 Å². The summed E-state index contributed by atoms with van der Waals surface area (Å²) >= 11 is 7.03. The van der Waals surface area contributed by atoms with E-state index >= 15 is 0 Å². The number of hydrogen-bond donors (Lipinski definition) is 1. The lowest BCUT2D eigenvalue weighted by atomic mass is 10.1. The van der Waals surface area contributed by atoms with E-state index in [-0.39, 0.29) is 5.54 Å². The van der Waals surface area contributed by atoms with Crippen LogP contribution in [0, 0.1) is 0 Å². The Bertz CT molecular complexity index is 603. The highest BCUT2D eigenvalue weighted by Crippen LogP contribution is 2.28. The van der Waals surface area contributed by atoms with Crippen LogP contribution in [0.15, 0.2) is 51.4 Å². The van der Waals surface area contributed by atoms with Crippen molar-refractivity contribution in [2.75, 3.05) is 0 Å². The van der Waals surface area contributed by atoms with Gasteiger partial charge in [-0.25, -0.2) is 0 Å². The van der Waals surface area contributed by atoms with Crippen molar-refractivity contribution in [3.05, 3.63) is 57.0 Å². The lowest BCUT2D eigenvalue weighted by Gasteiger charge is -2.21. The molecule has 4 heteroatoms. The van der Waals surface area contributed by atoms with Gasteiger partial charge in [0.15, 0.2) is 0 Å². The largest absolute Gasteiger partial charge is 0.457 e. The summed E-state index contributed by atoms with van der Waals surface area (Å²) in [6.45, 7) is 7.30. The van der Waals surface area contributed by atoms with Crippen LogP contribution in [0.2, 0.25) is 0 Å². The number of rotatable bonds is 4. The molecule has 2 nitrogen and oxygen atoms in total. The van der Waals surface area contributed by atoms with Gasteiger partial charge in [0, 0.05) is 21.0 Å². The van der Waals surface area contributed by atoms with Crippen LogP contribution >= 0.6 is 31.9 Å². The molecule has 112 valence electrons. The average molecular weight is 413 g/mol. The zero-order chi connectivity index (χ0) is 15.5. The second kappa shape index (κ2) is 6.95. The molecule has 0 aliphatic heterocycles. The van der Waals surface area contributed by atoms with Gasteiger partial charge in [-0.2, -0.15) is 0 Å². The molecule has 0 aromatic heterocycles. The number of benzene rings is 2. The second-order valence-electron chi connectivity index (χ2n) is 5.91. The van der Waals surface area contributed by atoms with Crippen LogP contribution < -0.4 is 10.1 Å². The maximum absolute atomic E-state index is 5.84. The van der Waals surface area contributed by atoms with Gasteiger partial charge < -0.3 is 10.1 Å². The first-order valence-corrected chi connectivity index (χ1v) is 8.39. The van der Waals surface area contributed by atoms with Crippen molar-refractivity contribution in [1.29, 1.82) is 0 Å². The van der Waals surface area contributed by atoms with Gasteiger partial charge in [-0.05, 0) is 62.7 Å². The Morgan fingerprint density at radius 3 is 2.14 bits per heavy atom. The molecule has 0 atom stereocenters. The van der Waals surface area contributed by atoms with Gasteiger partial charge in [-0.3, -0.25) is 0 Å². The van der Waals surface area contributed by atoms with Crippen LogP contribution in [0.25, 0.3) is 0 Å². The highest BCUT2D eigenvalue weighted by molar-refractivity contribution is 9.10. The predicted octanol–water partition coefficient (Wildman–Crippen LogP) is 5.89. The summed E-state index contributed by atoms with van der Waals surface area (Å²) in [5.74, 6) is 1.65. The van der Waals surface area contributed by atoms with Crippen LogP contribution in [-0.4, -0.2) is 5.54 Å². The fraction of sp³-hybridized carbons (Fsp3) is 0.294. The SMILES string of the molecule is CC(C)(C)NCc1ccc(Oc2ccc(Br)cc2)cc1Br. The minimum atomic E-state index is 0.103. The van der Waals surface area contributed by atoms with Crippen LogP contribution in [-0.2, 0) is 6.54 Å². The molecule has 0 fully saturated rings. The average Bonchev–Trinajstić information content (AvgIpc) is 2.39. The van der Waals surface area contributed by atoms with E-state index in [1.165, 1.54) is 5.56 Å². The maximum atomic E-state index is 5.84. The number of ether oxygens (including phenoxy) is 1. The summed E-state index contributed by atoms with van der Waals surface area (Å²) < 4.78 is 7.93. The molecule has 21 heavy (non-hydrogen) atoms. The van der Waals surface area contributed by atoms with Crippen LogP contribution in [0.4, 0.5) is 0 Å². The summed E-state index contributed by atoms with van der Waals surface area (Å²) in [7, 11) is 0. The molecule has 2 aromatic rings. The summed E-state index contributed by atoms with van der Waals surface area (Å²) in [5.41, 5.74) is 1.32. The number of hydrogen-bond acceptors (Lipinski definition) is 2. The van der Waals surface area contributed by atoms with E-state index < -0.39 is 0 Å². The van der Waals surface area contributed by atoms with Crippen molar-refractivity contribution in [2.24, 2.45) is 0 Å². The van der Waals surface area contributed by atoms with Gasteiger partial charge in [-0.1, -0.05) is 37.9 Å². The quantitative estimate of drug-likeness (QED) is 0.675. The van der Waals surface area contributed by atoms with Gasteiger partial charge in [0.05, 0.1) is 0 Å². The standard InChI is InChI=1S/C17H19Br2NO/c1-17(2,3)20-11-12-4-7-15(10-16(12)19)21-14-8-5-13(18)6-9-14/h4-10,20H,11H2,1-3H3. The Balaban J connectivity index is 2.06. The van der Waals surface area contributed by atoms with Crippen LogP contribution in [0.1, 0.15) is 26.3 Å². The summed E-state index contributed by atoms with van der Waals surface area (Å²) in [6, 6.07) is 13.9. The van der Waals surface area contributed by atoms with Crippen molar-refractivity contribution in [2.45, 2.75) is 32.9 Å². The molecule has 0 spiro atoms. The van der Waals surface area contributed by atoms with Crippen molar-refractivity contribution < 1.29 is 4.74 Å². The molecular formula is C17H19Br2NO. The Morgan fingerprint density at radius 1 is 0.952 bits per heavy atom. The third-order valence-electron chi connectivity index (χ3n) is 2.88. The van der Waals surface area contributed by atoms with E-state index in [1.807, 2.05) is 36.4 Å². The van der Waals surface area contributed by atoms with Gasteiger partial charge in [-0.15, -0.1) is 0 Å². The Hall–Kier alpha value is -0.840. The van der Waals surface area contributed by atoms with E-state index in [2.05, 4.69) is 64.0 Å². The monoisotopic (exact) mass is 411 g/mol. The fourth-order valence-corrected chi connectivity index (χ4v) is 2.50. The Labute approximate surface area is 143 Å². The molecule has 0 aliphatic carbocycles. The molecular weight excluding hydrogens is 394 g/mol. The molecule has 2 rings (SSSR count). The normalized spacial score (nSPS) is 11.5. The molecule has 0 amide bonds. The Kier molecular flexibility index (Phi) is 5.47. The highest BCUT2D eigenvalue weighted by atomic mass is 79.9. The zero-order valence-corrected chi connectivity index (χ0v) is 15.6. The summed E-state index contributed by atoms with van der Waals surface area (Å²) in [4.78, 5) is 0. The van der Waals surface area contributed by atoms with Crippen molar-refractivity contribution >= 4 is 31.9 Å². The van der Waals surface area contributed by atoms with E-state index in [0.717, 1.165) is 27.0 Å². The molecule has 0 unspecified atom stereocenters. The fourth-order valence-electron chi connectivity index (χ4n) is 1.73. The van der Waals surface area contributed by atoms with Crippen molar-refractivity contribution in [1.82, 2.24) is 5.32 Å². The van der Waals surface area contributed by atoms with Crippen LogP contribution in [0.5, 0.6) is 11.5 Å². The van der Waals surface area contributed by atoms with Crippen molar-refractivity contribution in [3.8, 4) is 11.5 Å². The molecule has 0 aliphatic rings. The third kappa shape index (κ3) is 5.46. The minimum Gasteiger partial charge on any atom is -0.457 e. The van der Waals surface area contributed by atoms with Gasteiger partial charge >= 0.3 is 0 Å². The first-order chi connectivity index (χ1) is 9.83. The maximum Gasteiger partial charge on any atom is 0.128 e. The third-order valence-corrected chi connectivity index (χ3v) is 4.15. The lowest BCUT2D eigenvalue weighted by Crippen LogP contribution is -2.35. The predicted molar refractivity (Wildman–Crippen MR) is 95.0 cm³/mol. The molecule has 0 bridgehead atoms. The summed E-state index contributed by atoms with van der Waals surface area (Å²) in [5, 5.41) is 3.48. The smallest absolute Gasteiger partial charge is 0.128 e. The highest BCUT2D eigenvalue weighted by Gasteiger charge is 2.10. The van der Waals surface area contributed by atoms with Gasteiger partial charge in [0.25, 0.3) is 0 Å². The second-order valence-corrected chi connectivity index (χ2v) is 7.68. The Morgan fingerprint density at radius 2 is 1.57 bits per heavy atom. The van der Waals surface area contributed by atoms with E-state index in [1.54, 1.807) is 0 Å². The first kappa shape index (κ1) is 16.5. The molecule has 0 radical (unpaired) electrons. The molecule has 0 saturated heterocycles. The minimum absolute atomic E-state index is 0.103. The molecule has 1 N–H and O–H groups in total. The first-order valence-electron chi connectivity index (χ1n) is 6.80. The molecule has 2 aromatic carbocycles. The van der Waals surface area contributed by atoms with Gasteiger partial charge in [0.1, 0.15) is 11.5 Å². The molecule has 0 saturated carbocycles.